The first-order valence-electron chi connectivity index (χ1n) is 5.93. The molecule has 1 aromatic carbocycles. The van der Waals surface area contributed by atoms with Crippen molar-refractivity contribution in [2.75, 3.05) is 5.75 Å². The molecule has 2 N–H and O–H groups in total. The maximum atomic E-state index is 6.17. The van der Waals surface area contributed by atoms with Crippen LogP contribution in [0.3, 0.4) is 0 Å². The Labute approximate surface area is 104 Å². The van der Waals surface area contributed by atoms with Gasteiger partial charge in [-0.2, -0.15) is 11.8 Å². The topological polar surface area (TPSA) is 26.0 Å². The van der Waals surface area contributed by atoms with E-state index in [-0.39, 0.29) is 6.04 Å². The van der Waals surface area contributed by atoms with E-state index in [9.17, 15) is 0 Å². The molecular formula is C14H23NS. The molecule has 0 heterocycles. The van der Waals surface area contributed by atoms with Crippen molar-refractivity contribution in [1.29, 1.82) is 0 Å². The Morgan fingerprint density at radius 3 is 2.25 bits per heavy atom. The molecule has 90 valence electrons. The molecule has 0 fully saturated rings. The Kier molecular flexibility index (Phi) is 5.36. The summed E-state index contributed by atoms with van der Waals surface area (Å²) in [6.07, 6.45) is 0.998. The van der Waals surface area contributed by atoms with Crippen LogP contribution in [0.2, 0.25) is 0 Å². The highest BCUT2D eigenvalue weighted by molar-refractivity contribution is 7.99. The van der Waals surface area contributed by atoms with E-state index < -0.39 is 0 Å². The molecule has 0 radical (unpaired) electrons. The zero-order chi connectivity index (χ0) is 12.1. The summed E-state index contributed by atoms with van der Waals surface area (Å²) in [7, 11) is 0. The molecule has 2 heteroatoms. The summed E-state index contributed by atoms with van der Waals surface area (Å²) in [6, 6.07) is 6.73. The fourth-order valence-corrected chi connectivity index (χ4v) is 2.56. The van der Waals surface area contributed by atoms with Crippen molar-refractivity contribution < 1.29 is 0 Å². The van der Waals surface area contributed by atoms with Gasteiger partial charge in [0.1, 0.15) is 0 Å². The minimum absolute atomic E-state index is 0.271. The number of thioether (sulfide) groups is 1. The maximum absolute atomic E-state index is 6.17. The zero-order valence-corrected chi connectivity index (χ0v) is 11.6. The number of nitrogens with two attached hydrogens (primary N) is 1. The van der Waals surface area contributed by atoms with Crippen LogP contribution in [0.25, 0.3) is 0 Å². The molecule has 0 amide bonds. The van der Waals surface area contributed by atoms with Crippen LogP contribution >= 0.6 is 11.8 Å². The van der Waals surface area contributed by atoms with Crippen LogP contribution in [0.4, 0.5) is 0 Å². The average molecular weight is 237 g/mol. The lowest BCUT2D eigenvalue weighted by Gasteiger charge is -2.16. The van der Waals surface area contributed by atoms with Gasteiger partial charge in [-0.3, -0.25) is 0 Å². The molecule has 0 aliphatic rings. The molecule has 0 saturated carbocycles. The van der Waals surface area contributed by atoms with Crippen molar-refractivity contribution in [1.82, 2.24) is 0 Å². The molecule has 1 rings (SSSR count). The second-order valence-corrected chi connectivity index (χ2v) is 6.33. The maximum Gasteiger partial charge on any atom is 0.0171 e. The summed E-state index contributed by atoms with van der Waals surface area (Å²) in [4.78, 5) is 0. The molecule has 0 saturated heterocycles. The van der Waals surface area contributed by atoms with E-state index in [0.717, 1.165) is 12.2 Å². The van der Waals surface area contributed by atoms with Crippen molar-refractivity contribution in [2.24, 2.45) is 5.73 Å². The van der Waals surface area contributed by atoms with Gasteiger partial charge >= 0.3 is 0 Å². The van der Waals surface area contributed by atoms with Crippen LogP contribution < -0.4 is 5.73 Å². The normalized spacial score (nSPS) is 13.1. The SMILES string of the molecule is Cc1cccc(C)c1CC(N)CSC(C)C. The highest BCUT2D eigenvalue weighted by Crippen LogP contribution is 2.17. The van der Waals surface area contributed by atoms with Gasteiger partial charge in [0, 0.05) is 11.8 Å². The van der Waals surface area contributed by atoms with Crippen molar-refractivity contribution >= 4 is 11.8 Å². The molecule has 1 aromatic rings. The number of hydrogen-bond donors (Lipinski definition) is 1. The molecule has 0 aromatic heterocycles. The molecule has 1 atom stereocenters. The Morgan fingerprint density at radius 2 is 1.75 bits per heavy atom. The highest BCUT2D eigenvalue weighted by Gasteiger charge is 2.09. The van der Waals surface area contributed by atoms with E-state index in [2.05, 4.69) is 45.9 Å². The molecule has 1 unspecified atom stereocenters. The summed E-state index contributed by atoms with van der Waals surface area (Å²) < 4.78 is 0. The van der Waals surface area contributed by atoms with E-state index in [0.29, 0.717) is 5.25 Å². The fourth-order valence-electron chi connectivity index (χ4n) is 1.81. The third kappa shape index (κ3) is 4.18. The first-order valence-corrected chi connectivity index (χ1v) is 6.98. The van der Waals surface area contributed by atoms with Crippen molar-refractivity contribution in [2.45, 2.75) is 45.4 Å². The van der Waals surface area contributed by atoms with Gasteiger partial charge in [-0.15, -0.1) is 0 Å². The van der Waals surface area contributed by atoms with Gasteiger partial charge in [-0.25, -0.2) is 0 Å². The lowest BCUT2D eigenvalue weighted by atomic mass is 9.97. The van der Waals surface area contributed by atoms with Gasteiger partial charge < -0.3 is 5.73 Å². The predicted molar refractivity (Wildman–Crippen MR) is 75.2 cm³/mol. The highest BCUT2D eigenvalue weighted by atomic mass is 32.2. The van der Waals surface area contributed by atoms with E-state index in [1.165, 1.54) is 16.7 Å². The van der Waals surface area contributed by atoms with Crippen LogP contribution in [-0.4, -0.2) is 17.0 Å². The van der Waals surface area contributed by atoms with Crippen molar-refractivity contribution in [3.8, 4) is 0 Å². The number of benzene rings is 1. The molecule has 0 aliphatic carbocycles. The average Bonchev–Trinajstić information content (AvgIpc) is 2.21. The number of rotatable bonds is 5. The smallest absolute Gasteiger partial charge is 0.0171 e. The van der Waals surface area contributed by atoms with E-state index in [1.807, 2.05) is 11.8 Å². The van der Waals surface area contributed by atoms with Gasteiger partial charge in [-0.05, 0) is 42.2 Å². The molecule has 16 heavy (non-hydrogen) atoms. The lowest BCUT2D eigenvalue weighted by Crippen LogP contribution is -2.27. The monoisotopic (exact) mass is 237 g/mol. The third-order valence-corrected chi connectivity index (χ3v) is 4.04. The Morgan fingerprint density at radius 1 is 1.19 bits per heavy atom. The van der Waals surface area contributed by atoms with Crippen LogP contribution in [0, 0.1) is 13.8 Å². The standard InChI is InChI=1S/C14H23NS/c1-10(2)16-9-13(15)8-14-11(3)6-5-7-12(14)4/h5-7,10,13H,8-9,15H2,1-4H3. The predicted octanol–water partition coefficient (Wildman–Crippen LogP) is 3.31. The summed E-state index contributed by atoms with van der Waals surface area (Å²) >= 11 is 1.95. The lowest BCUT2D eigenvalue weighted by molar-refractivity contribution is 0.740. The van der Waals surface area contributed by atoms with E-state index >= 15 is 0 Å². The quantitative estimate of drug-likeness (QED) is 0.850. The Balaban J connectivity index is 2.59. The molecule has 0 bridgehead atoms. The van der Waals surface area contributed by atoms with Crippen LogP contribution in [0.15, 0.2) is 18.2 Å². The van der Waals surface area contributed by atoms with Gasteiger partial charge in [-0.1, -0.05) is 32.0 Å². The minimum Gasteiger partial charge on any atom is -0.327 e. The van der Waals surface area contributed by atoms with Crippen LogP contribution in [-0.2, 0) is 6.42 Å². The molecular weight excluding hydrogens is 214 g/mol. The molecule has 0 spiro atoms. The van der Waals surface area contributed by atoms with Crippen LogP contribution in [0.5, 0.6) is 0 Å². The van der Waals surface area contributed by atoms with Gasteiger partial charge in [0.05, 0.1) is 0 Å². The molecule has 1 nitrogen and oxygen atoms in total. The van der Waals surface area contributed by atoms with E-state index in [4.69, 9.17) is 5.73 Å². The van der Waals surface area contributed by atoms with Gasteiger partial charge in [0.25, 0.3) is 0 Å². The Hall–Kier alpha value is -0.470. The zero-order valence-electron chi connectivity index (χ0n) is 10.8. The summed E-state index contributed by atoms with van der Waals surface area (Å²) in [5.74, 6) is 1.05. The number of aryl methyl sites for hydroxylation is 2. The van der Waals surface area contributed by atoms with Gasteiger partial charge in [0.2, 0.25) is 0 Å². The van der Waals surface area contributed by atoms with Crippen LogP contribution in [0.1, 0.15) is 30.5 Å². The second kappa shape index (κ2) is 6.31. The first kappa shape index (κ1) is 13.6. The summed E-state index contributed by atoms with van der Waals surface area (Å²) in [5, 5.41) is 0.670. The third-order valence-electron chi connectivity index (χ3n) is 2.75. The largest absolute Gasteiger partial charge is 0.327 e. The first-order chi connectivity index (χ1) is 7.50. The van der Waals surface area contributed by atoms with Gasteiger partial charge in [0.15, 0.2) is 0 Å². The molecule has 0 aliphatic heterocycles. The summed E-state index contributed by atoms with van der Waals surface area (Å²) in [5.41, 5.74) is 10.3. The van der Waals surface area contributed by atoms with Crippen molar-refractivity contribution in [3.05, 3.63) is 34.9 Å². The Bertz CT molecular complexity index is 313. The minimum atomic E-state index is 0.271. The van der Waals surface area contributed by atoms with E-state index in [1.54, 1.807) is 0 Å². The summed E-state index contributed by atoms with van der Waals surface area (Å²) in [6.45, 7) is 8.78. The fraction of sp³-hybridized carbons (Fsp3) is 0.571. The second-order valence-electron chi connectivity index (χ2n) is 4.72. The van der Waals surface area contributed by atoms with Crippen molar-refractivity contribution in [3.63, 3.8) is 0 Å². The number of hydrogen-bond acceptors (Lipinski definition) is 2.